The number of pyridine rings is 1. The van der Waals surface area contributed by atoms with Crippen molar-refractivity contribution < 1.29 is 4.79 Å². The molecule has 0 spiro atoms. The minimum Gasteiger partial charge on any atom is -0.372 e. The highest BCUT2D eigenvalue weighted by atomic mass is 35.5. The first-order chi connectivity index (χ1) is 9.99. The average molecular weight is 326 g/mol. The molecule has 0 aliphatic rings. The summed E-state index contributed by atoms with van der Waals surface area (Å²) in [5.74, 6) is 0.723. The van der Waals surface area contributed by atoms with E-state index in [4.69, 9.17) is 11.6 Å². The third kappa shape index (κ3) is 4.12. The molecule has 1 amide bonds. The van der Waals surface area contributed by atoms with Gasteiger partial charge in [0.25, 0.3) is 5.91 Å². The number of nitrogens with one attached hydrogen (secondary N) is 2. The summed E-state index contributed by atoms with van der Waals surface area (Å²) in [7, 11) is 1.71. The number of aromatic nitrogens is 3. The van der Waals surface area contributed by atoms with Gasteiger partial charge in [-0.1, -0.05) is 36.8 Å². The van der Waals surface area contributed by atoms with Crippen LogP contribution in [0.1, 0.15) is 29.2 Å². The van der Waals surface area contributed by atoms with Crippen LogP contribution in [0.5, 0.6) is 0 Å². The van der Waals surface area contributed by atoms with E-state index in [9.17, 15) is 4.79 Å². The number of hydrogen-bond acceptors (Lipinski definition) is 6. The van der Waals surface area contributed by atoms with E-state index in [1.165, 1.54) is 17.5 Å². The van der Waals surface area contributed by atoms with Crippen LogP contribution in [0, 0.1) is 5.92 Å². The Morgan fingerprint density at radius 1 is 1.43 bits per heavy atom. The standard InChI is InChI=1S/C13H16ClN5OS/c1-7(2)4-10-18-19-13(21-10)17-12(20)8-5-9(14)11(15-3)16-6-8/h5-7H,4H2,1-3H3,(H,15,16)(H,17,19,20). The zero-order valence-corrected chi connectivity index (χ0v) is 13.5. The molecule has 112 valence electrons. The average Bonchev–Trinajstić information content (AvgIpc) is 2.84. The van der Waals surface area contributed by atoms with Crippen molar-refractivity contribution in [1.82, 2.24) is 15.2 Å². The number of hydrogen-bond donors (Lipinski definition) is 2. The van der Waals surface area contributed by atoms with Gasteiger partial charge < -0.3 is 5.32 Å². The van der Waals surface area contributed by atoms with Crippen molar-refractivity contribution in [3.05, 3.63) is 27.9 Å². The fraction of sp³-hybridized carbons (Fsp3) is 0.385. The lowest BCUT2D eigenvalue weighted by Crippen LogP contribution is -2.12. The lowest BCUT2D eigenvalue weighted by molar-refractivity contribution is 0.102. The molecule has 0 radical (unpaired) electrons. The van der Waals surface area contributed by atoms with Crippen molar-refractivity contribution in [3.8, 4) is 0 Å². The molecule has 0 saturated heterocycles. The number of nitrogens with zero attached hydrogens (tertiary/aromatic N) is 3. The van der Waals surface area contributed by atoms with Crippen LogP contribution >= 0.6 is 22.9 Å². The second-order valence-electron chi connectivity index (χ2n) is 4.86. The van der Waals surface area contributed by atoms with Gasteiger partial charge in [0.1, 0.15) is 10.8 Å². The summed E-state index contributed by atoms with van der Waals surface area (Å²) < 4.78 is 0. The molecule has 0 bridgehead atoms. The molecule has 8 heteroatoms. The van der Waals surface area contributed by atoms with Gasteiger partial charge in [-0.15, -0.1) is 10.2 Å². The molecule has 0 aromatic carbocycles. The van der Waals surface area contributed by atoms with Crippen molar-refractivity contribution >= 4 is 39.8 Å². The Hall–Kier alpha value is -1.73. The molecule has 2 rings (SSSR count). The predicted octanol–water partition coefficient (Wildman–Crippen LogP) is 3.08. The van der Waals surface area contributed by atoms with E-state index in [-0.39, 0.29) is 5.91 Å². The summed E-state index contributed by atoms with van der Waals surface area (Å²) in [5.41, 5.74) is 0.375. The second-order valence-corrected chi connectivity index (χ2v) is 6.33. The fourth-order valence-electron chi connectivity index (χ4n) is 1.65. The van der Waals surface area contributed by atoms with E-state index in [1.54, 1.807) is 13.1 Å². The number of carbonyl (C=O) groups is 1. The van der Waals surface area contributed by atoms with Gasteiger partial charge in [-0.05, 0) is 12.0 Å². The van der Waals surface area contributed by atoms with Crippen molar-refractivity contribution in [2.45, 2.75) is 20.3 Å². The molecule has 0 aliphatic carbocycles. The predicted molar refractivity (Wildman–Crippen MR) is 85.2 cm³/mol. The highest BCUT2D eigenvalue weighted by Crippen LogP contribution is 2.22. The Balaban J connectivity index is 2.07. The van der Waals surface area contributed by atoms with Gasteiger partial charge in [-0.3, -0.25) is 10.1 Å². The van der Waals surface area contributed by atoms with Gasteiger partial charge in [0, 0.05) is 19.7 Å². The van der Waals surface area contributed by atoms with Crippen LogP contribution in [0.3, 0.4) is 0 Å². The first-order valence-corrected chi connectivity index (χ1v) is 7.66. The molecule has 0 saturated carbocycles. The number of amides is 1. The van der Waals surface area contributed by atoms with Gasteiger partial charge in [0.05, 0.1) is 10.6 Å². The van der Waals surface area contributed by atoms with Crippen LogP contribution in [-0.2, 0) is 6.42 Å². The largest absolute Gasteiger partial charge is 0.372 e. The third-order valence-electron chi connectivity index (χ3n) is 2.61. The Kier molecular flexibility index (Phi) is 5.08. The zero-order valence-electron chi connectivity index (χ0n) is 12.0. The van der Waals surface area contributed by atoms with Gasteiger partial charge >= 0.3 is 0 Å². The lowest BCUT2D eigenvalue weighted by atomic mass is 10.1. The van der Waals surface area contributed by atoms with Crippen molar-refractivity contribution in [1.29, 1.82) is 0 Å². The smallest absolute Gasteiger partial charge is 0.259 e. The molecule has 0 unspecified atom stereocenters. The fourth-order valence-corrected chi connectivity index (χ4v) is 2.86. The maximum Gasteiger partial charge on any atom is 0.259 e. The Morgan fingerprint density at radius 3 is 2.81 bits per heavy atom. The molecular weight excluding hydrogens is 310 g/mol. The zero-order chi connectivity index (χ0) is 15.4. The van der Waals surface area contributed by atoms with E-state index in [1.807, 2.05) is 0 Å². The normalized spacial score (nSPS) is 10.7. The highest BCUT2D eigenvalue weighted by molar-refractivity contribution is 7.15. The van der Waals surface area contributed by atoms with Crippen LogP contribution < -0.4 is 10.6 Å². The van der Waals surface area contributed by atoms with E-state index in [0.717, 1.165) is 11.4 Å². The number of rotatable bonds is 5. The number of anilines is 2. The first-order valence-electron chi connectivity index (χ1n) is 6.46. The van der Waals surface area contributed by atoms with Gasteiger partial charge in [-0.2, -0.15) is 0 Å². The van der Waals surface area contributed by atoms with E-state index < -0.39 is 0 Å². The van der Waals surface area contributed by atoms with Crippen molar-refractivity contribution in [3.63, 3.8) is 0 Å². The van der Waals surface area contributed by atoms with Crippen LogP contribution in [0.25, 0.3) is 0 Å². The third-order valence-corrected chi connectivity index (χ3v) is 3.76. The van der Waals surface area contributed by atoms with Crippen LogP contribution in [-0.4, -0.2) is 28.1 Å². The van der Waals surface area contributed by atoms with Crippen molar-refractivity contribution in [2.75, 3.05) is 17.7 Å². The van der Waals surface area contributed by atoms with Crippen LogP contribution in [0.2, 0.25) is 5.02 Å². The summed E-state index contributed by atoms with van der Waals surface area (Å²) in [4.78, 5) is 16.2. The summed E-state index contributed by atoms with van der Waals surface area (Å²) in [6, 6.07) is 1.56. The monoisotopic (exact) mass is 325 g/mol. The first kappa shape index (κ1) is 15.7. The summed E-state index contributed by atoms with van der Waals surface area (Å²) in [6.07, 6.45) is 2.31. The Bertz CT molecular complexity index is 643. The maximum atomic E-state index is 12.1. The quantitative estimate of drug-likeness (QED) is 0.883. The van der Waals surface area contributed by atoms with E-state index >= 15 is 0 Å². The molecule has 2 heterocycles. The molecule has 2 N–H and O–H groups in total. The molecule has 2 aromatic heterocycles. The minimum absolute atomic E-state index is 0.306. The lowest BCUT2D eigenvalue weighted by Gasteiger charge is -2.05. The molecule has 6 nitrogen and oxygen atoms in total. The maximum absolute atomic E-state index is 12.1. The number of halogens is 1. The van der Waals surface area contributed by atoms with Gasteiger partial charge in [0.2, 0.25) is 5.13 Å². The highest BCUT2D eigenvalue weighted by Gasteiger charge is 2.13. The van der Waals surface area contributed by atoms with E-state index in [2.05, 4.69) is 39.7 Å². The van der Waals surface area contributed by atoms with Crippen molar-refractivity contribution in [2.24, 2.45) is 5.92 Å². The molecular formula is C13H16ClN5OS. The van der Waals surface area contributed by atoms with E-state index in [0.29, 0.717) is 27.5 Å². The number of carbonyl (C=O) groups excluding carboxylic acids is 1. The molecule has 21 heavy (non-hydrogen) atoms. The Labute approximate surface area is 132 Å². The Morgan fingerprint density at radius 2 is 2.19 bits per heavy atom. The molecule has 0 fully saturated rings. The van der Waals surface area contributed by atoms with Gasteiger partial charge in [0.15, 0.2) is 0 Å². The molecule has 0 aliphatic heterocycles. The molecule has 2 aromatic rings. The second kappa shape index (κ2) is 6.82. The summed E-state index contributed by atoms with van der Waals surface area (Å²) in [6.45, 7) is 4.22. The molecule has 0 atom stereocenters. The topological polar surface area (TPSA) is 79.8 Å². The summed E-state index contributed by atoms with van der Waals surface area (Å²) in [5, 5.41) is 15.3. The van der Waals surface area contributed by atoms with Crippen LogP contribution in [0.4, 0.5) is 10.9 Å². The van der Waals surface area contributed by atoms with Crippen LogP contribution in [0.15, 0.2) is 12.3 Å². The van der Waals surface area contributed by atoms with Gasteiger partial charge in [-0.25, -0.2) is 4.98 Å². The summed E-state index contributed by atoms with van der Waals surface area (Å²) >= 11 is 7.38. The minimum atomic E-state index is -0.306. The SMILES string of the molecule is CNc1ncc(C(=O)Nc2nnc(CC(C)C)s2)cc1Cl.